The molecular weight excluding hydrogens is 1370 g/mol. The van der Waals surface area contributed by atoms with E-state index in [1.807, 2.05) is 0 Å². The van der Waals surface area contributed by atoms with Crippen LogP contribution in [-0.2, 0) is 65.4 Å². The van der Waals surface area contributed by atoms with E-state index in [0.29, 0.717) is 31.6 Å². The second-order valence-corrected chi connectivity index (χ2v) is 35.5. The van der Waals surface area contributed by atoms with Gasteiger partial charge in [0.2, 0.25) is 0 Å². The van der Waals surface area contributed by atoms with Gasteiger partial charge in [-0.25, -0.2) is 9.13 Å². The van der Waals surface area contributed by atoms with Crippen LogP contribution in [0, 0.1) is 23.7 Å². The van der Waals surface area contributed by atoms with Crippen LogP contribution in [0.15, 0.2) is 0 Å². The van der Waals surface area contributed by atoms with Crippen molar-refractivity contribution in [1.82, 2.24) is 0 Å². The van der Waals surface area contributed by atoms with Crippen molar-refractivity contribution < 1.29 is 80.2 Å². The van der Waals surface area contributed by atoms with Crippen LogP contribution in [0.25, 0.3) is 0 Å². The van der Waals surface area contributed by atoms with E-state index < -0.39 is 97.5 Å². The van der Waals surface area contributed by atoms with Gasteiger partial charge < -0.3 is 33.8 Å². The molecule has 0 aromatic carbocycles. The number of carbonyl (C=O) groups excluding carboxylic acids is 4. The molecule has 3 N–H and O–H groups in total. The van der Waals surface area contributed by atoms with E-state index in [1.54, 1.807) is 0 Å². The summed E-state index contributed by atoms with van der Waals surface area (Å²) in [6.45, 7) is 14.3. The first kappa shape index (κ1) is 103. The van der Waals surface area contributed by atoms with Crippen molar-refractivity contribution >= 4 is 39.5 Å². The molecule has 0 spiro atoms. The van der Waals surface area contributed by atoms with E-state index in [4.69, 9.17) is 37.0 Å². The molecule has 0 aliphatic heterocycles. The van der Waals surface area contributed by atoms with Crippen molar-refractivity contribution in [3.63, 3.8) is 0 Å². The Morgan fingerprint density at radius 3 is 0.676 bits per heavy atom. The smallest absolute Gasteiger partial charge is 0.462 e. The molecule has 624 valence electrons. The predicted octanol–water partition coefficient (Wildman–Crippen LogP) is 25.9. The lowest BCUT2D eigenvalue weighted by Gasteiger charge is -2.21. The molecule has 0 aliphatic rings. The van der Waals surface area contributed by atoms with E-state index in [2.05, 4.69) is 55.4 Å². The number of unbranched alkanes of at least 4 members (excludes halogenated alkanes) is 48. The number of carbonyl (C=O) groups is 4. The molecule has 0 saturated carbocycles. The molecule has 0 heterocycles. The molecule has 0 rings (SSSR count). The van der Waals surface area contributed by atoms with Gasteiger partial charge in [-0.1, -0.05) is 396 Å². The minimum absolute atomic E-state index is 0.107. The van der Waals surface area contributed by atoms with E-state index in [9.17, 15) is 43.2 Å². The molecule has 17 nitrogen and oxygen atoms in total. The van der Waals surface area contributed by atoms with Crippen molar-refractivity contribution in [1.29, 1.82) is 0 Å². The summed E-state index contributed by atoms with van der Waals surface area (Å²) in [5.41, 5.74) is 0. The molecule has 0 aromatic heterocycles. The Kier molecular flexibility index (Phi) is 73.4. The fourth-order valence-electron chi connectivity index (χ4n) is 13.3. The highest BCUT2D eigenvalue weighted by atomic mass is 31.2. The van der Waals surface area contributed by atoms with Gasteiger partial charge in [0.15, 0.2) is 12.2 Å². The van der Waals surface area contributed by atoms with Gasteiger partial charge in [0, 0.05) is 25.7 Å². The van der Waals surface area contributed by atoms with Gasteiger partial charge in [-0.05, 0) is 49.4 Å². The summed E-state index contributed by atoms with van der Waals surface area (Å²) in [6.07, 6.45) is 64.0. The summed E-state index contributed by atoms with van der Waals surface area (Å²) < 4.78 is 68.8. The highest BCUT2D eigenvalue weighted by Crippen LogP contribution is 2.45. The lowest BCUT2D eigenvalue weighted by molar-refractivity contribution is -0.161. The van der Waals surface area contributed by atoms with Crippen molar-refractivity contribution in [3.05, 3.63) is 0 Å². The third-order valence-electron chi connectivity index (χ3n) is 20.4. The molecule has 0 aromatic rings. The minimum Gasteiger partial charge on any atom is -0.462 e. The molecule has 0 aliphatic carbocycles. The normalized spacial score (nSPS) is 14.2. The molecule has 0 amide bonds. The van der Waals surface area contributed by atoms with Gasteiger partial charge in [0.1, 0.15) is 19.3 Å². The number of hydrogen-bond donors (Lipinski definition) is 3. The molecule has 0 fully saturated rings. The maximum absolute atomic E-state index is 13.1. The van der Waals surface area contributed by atoms with E-state index in [-0.39, 0.29) is 25.7 Å². The molecule has 0 saturated heterocycles. The van der Waals surface area contributed by atoms with Gasteiger partial charge in [-0.2, -0.15) is 0 Å². The topological polar surface area (TPSA) is 237 Å². The van der Waals surface area contributed by atoms with Crippen LogP contribution in [0.4, 0.5) is 0 Å². The van der Waals surface area contributed by atoms with Gasteiger partial charge in [0.25, 0.3) is 0 Å². The van der Waals surface area contributed by atoms with Gasteiger partial charge in [-0.3, -0.25) is 37.3 Å². The number of ether oxygens (including phenoxy) is 4. The standard InChI is InChI=1S/C86H168O17P2/c1-9-79(8)65-57-49-40-34-28-22-16-12-10-11-13-17-23-30-36-42-52-60-68-85(90)102-81(72-96-83(88)66-58-50-41-35-29-25-19-21-27-33-39-47-55-63-77(4)5)74-100-104(92,93)98-70-80(87)71-99-105(94,95)101-75-82(73-97-84(89)67-59-51-45-44-48-56-64-78(6)7)103-86(91)69-61-53-43-37-31-24-18-14-15-20-26-32-38-46-54-62-76(2)3/h76-82,87H,9-75H2,1-8H3,(H,92,93)(H,94,95)/t79?,80?,81-,82-/m1/s1. The molecule has 6 atom stereocenters. The second-order valence-electron chi connectivity index (χ2n) is 32.6. The molecular formula is C86H168O17P2. The Labute approximate surface area is 645 Å². The Bertz CT molecular complexity index is 2040. The van der Waals surface area contributed by atoms with Crippen LogP contribution in [0.1, 0.15) is 447 Å². The first-order chi connectivity index (χ1) is 50.6. The number of rotatable bonds is 83. The Balaban J connectivity index is 5.20. The van der Waals surface area contributed by atoms with Gasteiger partial charge in [0.05, 0.1) is 26.4 Å². The predicted molar refractivity (Wildman–Crippen MR) is 432 cm³/mol. The summed E-state index contributed by atoms with van der Waals surface area (Å²) in [6, 6.07) is 0. The number of esters is 4. The third kappa shape index (κ3) is 78.5. The highest BCUT2D eigenvalue weighted by Gasteiger charge is 2.31. The molecule has 105 heavy (non-hydrogen) atoms. The zero-order chi connectivity index (χ0) is 77.4. The average Bonchev–Trinajstić information content (AvgIpc) is 0.916. The number of phosphoric acid groups is 2. The van der Waals surface area contributed by atoms with E-state index in [0.717, 1.165) is 114 Å². The first-order valence-corrected chi connectivity index (χ1v) is 47.2. The fraction of sp³-hybridized carbons (Fsp3) is 0.953. The SMILES string of the molecule is CCC(C)CCCCCCCCCCCCCCCCCCCCC(=O)O[C@H](COC(=O)CCCCCCCCCCCCCCCC(C)C)COP(=O)(O)OCC(O)COP(=O)(O)OC[C@@H](COC(=O)CCCCCCCCC(C)C)OC(=O)CCCCCCCCCCCCCCCCCC(C)C. The molecule has 4 unspecified atom stereocenters. The lowest BCUT2D eigenvalue weighted by atomic mass is 9.99. The molecule has 19 heteroatoms. The van der Waals surface area contributed by atoms with Gasteiger partial charge in [-0.15, -0.1) is 0 Å². The zero-order valence-corrected chi connectivity index (χ0v) is 71.2. The van der Waals surface area contributed by atoms with E-state index >= 15 is 0 Å². The van der Waals surface area contributed by atoms with Crippen LogP contribution in [0.2, 0.25) is 0 Å². The van der Waals surface area contributed by atoms with Crippen LogP contribution in [0.5, 0.6) is 0 Å². The van der Waals surface area contributed by atoms with Crippen LogP contribution < -0.4 is 0 Å². The second kappa shape index (κ2) is 74.8. The van der Waals surface area contributed by atoms with Crippen molar-refractivity contribution in [3.8, 4) is 0 Å². The summed E-state index contributed by atoms with van der Waals surface area (Å²) in [4.78, 5) is 73.2. The number of aliphatic hydroxyl groups is 1. The Morgan fingerprint density at radius 1 is 0.267 bits per heavy atom. The zero-order valence-electron chi connectivity index (χ0n) is 69.4. The summed E-state index contributed by atoms with van der Waals surface area (Å²) >= 11 is 0. The molecule has 0 bridgehead atoms. The first-order valence-electron chi connectivity index (χ1n) is 44.2. The maximum Gasteiger partial charge on any atom is 0.472 e. The van der Waals surface area contributed by atoms with Crippen molar-refractivity contribution in [2.24, 2.45) is 23.7 Å². The summed E-state index contributed by atoms with van der Waals surface area (Å²) in [5, 5.41) is 10.7. The summed E-state index contributed by atoms with van der Waals surface area (Å²) in [7, 11) is -9.93. The lowest BCUT2D eigenvalue weighted by Crippen LogP contribution is -2.30. The average molecular weight is 1540 g/mol. The van der Waals surface area contributed by atoms with Crippen LogP contribution in [-0.4, -0.2) is 96.7 Å². The van der Waals surface area contributed by atoms with Gasteiger partial charge >= 0.3 is 39.5 Å². The Hall–Kier alpha value is -1.94. The highest BCUT2D eigenvalue weighted by molar-refractivity contribution is 7.47. The minimum atomic E-state index is -4.97. The fourth-order valence-corrected chi connectivity index (χ4v) is 14.9. The largest absolute Gasteiger partial charge is 0.472 e. The quantitative estimate of drug-likeness (QED) is 0.0222. The molecule has 0 radical (unpaired) electrons. The third-order valence-corrected chi connectivity index (χ3v) is 22.3. The van der Waals surface area contributed by atoms with Crippen molar-refractivity contribution in [2.75, 3.05) is 39.6 Å². The number of hydrogen-bond acceptors (Lipinski definition) is 15. The van der Waals surface area contributed by atoms with Crippen LogP contribution in [0.3, 0.4) is 0 Å². The maximum atomic E-state index is 13.1. The number of aliphatic hydroxyl groups excluding tert-OH is 1. The monoisotopic (exact) mass is 1540 g/mol. The summed E-state index contributed by atoms with van der Waals surface area (Å²) in [5.74, 6) is 1.03. The Morgan fingerprint density at radius 2 is 0.457 bits per heavy atom. The van der Waals surface area contributed by atoms with E-state index in [1.165, 1.54) is 244 Å². The van der Waals surface area contributed by atoms with Crippen molar-refractivity contribution in [2.45, 2.75) is 465 Å². The number of phosphoric ester groups is 2. The van der Waals surface area contributed by atoms with Crippen LogP contribution >= 0.6 is 15.6 Å².